The second-order valence-electron chi connectivity index (χ2n) is 9.41. The van der Waals surface area contributed by atoms with Gasteiger partial charge in [0.1, 0.15) is 23.7 Å². The van der Waals surface area contributed by atoms with E-state index in [-0.39, 0.29) is 19.8 Å². The predicted molar refractivity (Wildman–Crippen MR) is 154 cm³/mol. The summed E-state index contributed by atoms with van der Waals surface area (Å²) in [5, 5.41) is 10.4. The summed E-state index contributed by atoms with van der Waals surface area (Å²) in [6.45, 7) is 0.277. The van der Waals surface area contributed by atoms with Crippen molar-refractivity contribution in [3.8, 4) is 0 Å². The molecule has 0 spiro atoms. The Kier molecular flexibility index (Phi) is 10.0. The number of carbonyl (C=O) groups is 1. The van der Waals surface area contributed by atoms with Crippen LogP contribution >= 0.6 is 11.8 Å². The van der Waals surface area contributed by atoms with Gasteiger partial charge in [0.2, 0.25) is 0 Å². The maximum Gasteiger partial charge on any atom is 0.338 e. The molecule has 206 valence electrons. The molecule has 1 aliphatic heterocycles. The highest BCUT2D eigenvalue weighted by atomic mass is 32.2. The van der Waals surface area contributed by atoms with Crippen molar-refractivity contribution in [2.24, 2.45) is 0 Å². The van der Waals surface area contributed by atoms with Gasteiger partial charge in [-0.2, -0.15) is 0 Å². The molecule has 5 atom stereocenters. The van der Waals surface area contributed by atoms with Gasteiger partial charge in [-0.25, -0.2) is 4.79 Å². The maximum atomic E-state index is 13.3. The first kappa shape index (κ1) is 28.1. The molecule has 0 aromatic heterocycles. The fraction of sp³-hybridized carbons (Fsp3) is 0.242. The van der Waals surface area contributed by atoms with Crippen LogP contribution in [-0.4, -0.2) is 47.5 Å². The number of aliphatic hydroxyl groups excluding tert-OH is 1. The molecule has 1 N–H and O–H groups in total. The SMILES string of the molecule is O=C(O[C@@H]1[C@@H](OCc2ccccc2)[C@H](OCc2ccccc2)[C@@H](CO)O[C@H]1Sc1ccccc1)c1ccccc1. The number of hydrogen-bond donors (Lipinski definition) is 1. The van der Waals surface area contributed by atoms with E-state index in [4.69, 9.17) is 18.9 Å². The van der Waals surface area contributed by atoms with Crippen molar-refractivity contribution in [2.75, 3.05) is 6.61 Å². The van der Waals surface area contributed by atoms with Crippen molar-refractivity contribution in [3.63, 3.8) is 0 Å². The van der Waals surface area contributed by atoms with E-state index in [2.05, 4.69) is 0 Å². The Morgan fingerprint density at radius 2 is 1.18 bits per heavy atom. The van der Waals surface area contributed by atoms with Gasteiger partial charge in [-0.1, -0.05) is 109 Å². The fourth-order valence-corrected chi connectivity index (χ4v) is 5.69. The summed E-state index contributed by atoms with van der Waals surface area (Å²) in [5.74, 6) is -0.481. The topological polar surface area (TPSA) is 74.2 Å². The quantitative estimate of drug-likeness (QED) is 0.231. The van der Waals surface area contributed by atoms with E-state index in [1.54, 1.807) is 24.3 Å². The fourth-order valence-electron chi connectivity index (χ4n) is 4.57. The standard InChI is InChI=1S/C33H32O6S/c34-21-28-29(36-22-24-13-5-1-6-14-24)30(37-23-25-15-7-2-8-16-25)31(39-32(35)26-17-9-3-10-18-26)33(38-28)40-27-19-11-4-12-20-27/h1-20,28-31,33-34H,21-23H2/t28-,29-,30+,31-,33+/m1/s1. The van der Waals surface area contributed by atoms with Crippen LogP contribution in [0.2, 0.25) is 0 Å². The summed E-state index contributed by atoms with van der Waals surface area (Å²) in [7, 11) is 0. The van der Waals surface area contributed by atoms with Crippen molar-refractivity contribution in [3.05, 3.63) is 138 Å². The van der Waals surface area contributed by atoms with Crippen molar-refractivity contribution < 1.29 is 28.8 Å². The van der Waals surface area contributed by atoms with E-state index in [0.717, 1.165) is 16.0 Å². The van der Waals surface area contributed by atoms with Gasteiger partial charge >= 0.3 is 5.97 Å². The molecule has 7 heteroatoms. The first-order valence-corrected chi connectivity index (χ1v) is 14.1. The van der Waals surface area contributed by atoms with E-state index in [9.17, 15) is 9.90 Å². The second kappa shape index (κ2) is 14.3. The number of esters is 1. The molecular formula is C33H32O6S. The third kappa shape index (κ3) is 7.38. The van der Waals surface area contributed by atoms with Crippen LogP contribution < -0.4 is 0 Å². The lowest BCUT2D eigenvalue weighted by atomic mass is 9.99. The van der Waals surface area contributed by atoms with Gasteiger partial charge in [0.25, 0.3) is 0 Å². The molecule has 0 amide bonds. The summed E-state index contributed by atoms with van der Waals surface area (Å²) in [4.78, 5) is 14.3. The van der Waals surface area contributed by atoms with Crippen LogP contribution in [0.5, 0.6) is 0 Å². The van der Waals surface area contributed by atoms with Gasteiger partial charge < -0.3 is 24.1 Å². The number of hydrogen-bond acceptors (Lipinski definition) is 7. The molecule has 0 unspecified atom stereocenters. The number of aliphatic hydroxyl groups is 1. The highest BCUT2D eigenvalue weighted by molar-refractivity contribution is 7.99. The van der Waals surface area contributed by atoms with Gasteiger partial charge in [-0.15, -0.1) is 0 Å². The highest BCUT2D eigenvalue weighted by Crippen LogP contribution is 2.38. The molecule has 6 nitrogen and oxygen atoms in total. The van der Waals surface area contributed by atoms with E-state index < -0.39 is 35.8 Å². The van der Waals surface area contributed by atoms with Crippen molar-refractivity contribution in [1.29, 1.82) is 0 Å². The lowest BCUT2D eigenvalue weighted by Gasteiger charge is -2.45. The van der Waals surface area contributed by atoms with Crippen LogP contribution in [0.1, 0.15) is 21.5 Å². The smallest absolute Gasteiger partial charge is 0.338 e. The van der Waals surface area contributed by atoms with Crippen LogP contribution in [0, 0.1) is 0 Å². The van der Waals surface area contributed by atoms with Gasteiger partial charge in [0, 0.05) is 4.90 Å². The molecule has 4 aromatic carbocycles. The Labute approximate surface area is 238 Å². The number of thioether (sulfide) groups is 1. The zero-order valence-corrected chi connectivity index (χ0v) is 22.8. The second-order valence-corrected chi connectivity index (χ2v) is 10.6. The number of ether oxygens (including phenoxy) is 4. The largest absolute Gasteiger partial charge is 0.452 e. The van der Waals surface area contributed by atoms with Crippen LogP contribution in [0.25, 0.3) is 0 Å². The van der Waals surface area contributed by atoms with Crippen molar-refractivity contribution >= 4 is 17.7 Å². The Morgan fingerprint density at radius 1 is 0.675 bits per heavy atom. The molecule has 40 heavy (non-hydrogen) atoms. The number of carbonyl (C=O) groups excluding carboxylic acids is 1. The van der Waals surface area contributed by atoms with Gasteiger partial charge in [-0.3, -0.25) is 0 Å². The van der Waals surface area contributed by atoms with Gasteiger partial charge in [0.15, 0.2) is 6.10 Å². The molecule has 0 bridgehead atoms. The molecule has 1 aliphatic rings. The molecule has 0 aliphatic carbocycles. The van der Waals surface area contributed by atoms with E-state index in [1.165, 1.54) is 11.8 Å². The summed E-state index contributed by atoms with van der Waals surface area (Å²) in [6.07, 6.45) is -2.94. The highest BCUT2D eigenvalue weighted by Gasteiger charge is 2.50. The van der Waals surface area contributed by atoms with Crippen LogP contribution in [-0.2, 0) is 32.2 Å². The van der Waals surface area contributed by atoms with Crippen molar-refractivity contribution in [1.82, 2.24) is 0 Å². The lowest BCUT2D eigenvalue weighted by molar-refractivity contribution is -0.239. The van der Waals surface area contributed by atoms with E-state index >= 15 is 0 Å². The third-order valence-corrected chi connectivity index (χ3v) is 7.75. The summed E-state index contributed by atoms with van der Waals surface area (Å²) < 4.78 is 25.5. The minimum Gasteiger partial charge on any atom is -0.452 e. The molecule has 5 rings (SSSR count). The van der Waals surface area contributed by atoms with Crippen molar-refractivity contribution in [2.45, 2.75) is 48.0 Å². The average molecular weight is 557 g/mol. The van der Waals surface area contributed by atoms with Crippen LogP contribution in [0.15, 0.2) is 126 Å². The molecule has 1 heterocycles. The average Bonchev–Trinajstić information content (AvgIpc) is 3.02. The molecule has 1 saturated heterocycles. The molecule has 4 aromatic rings. The lowest BCUT2D eigenvalue weighted by Crippen LogP contribution is -2.60. The monoisotopic (exact) mass is 556 g/mol. The zero-order chi connectivity index (χ0) is 27.6. The van der Waals surface area contributed by atoms with E-state index in [1.807, 2.05) is 97.1 Å². The van der Waals surface area contributed by atoms with Crippen LogP contribution in [0.3, 0.4) is 0 Å². The number of benzene rings is 4. The Bertz CT molecular complexity index is 1310. The normalized spacial score (nSPS) is 22.5. The molecule has 0 radical (unpaired) electrons. The molecule has 0 saturated carbocycles. The summed E-state index contributed by atoms with van der Waals surface area (Å²) in [5.41, 5.74) is 1.72. The Morgan fingerprint density at radius 3 is 1.73 bits per heavy atom. The summed E-state index contributed by atoms with van der Waals surface area (Å²) >= 11 is 1.42. The minimum atomic E-state index is -0.829. The first-order valence-electron chi connectivity index (χ1n) is 13.3. The Hall–Kier alpha value is -3.46. The van der Waals surface area contributed by atoms with E-state index in [0.29, 0.717) is 5.56 Å². The predicted octanol–water partition coefficient (Wildman–Crippen LogP) is 5.89. The van der Waals surface area contributed by atoms with Gasteiger partial charge in [-0.05, 0) is 35.4 Å². The Balaban J connectivity index is 1.47. The maximum absolute atomic E-state index is 13.3. The third-order valence-electron chi connectivity index (χ3n) is 6.59. The molecule has 1 fully saturated rings. The first-order chi connectivity index (χ1) is 19.7. The van der Waals surface area contributed by atoms with Crippen LogP contribution in [0.4, 0.5) is 0 Å². The minimum absolute atomic E-state index is 0.275. The molecular weight excluding hydrogens is 524 g/mol. The number of rotatable bonds is 11. The summed E-state index contributed by atoms with van der Waals surface area (Å²) in [6, 6.07) is 38.2. The zero-order valence-electron chi connectivity index (χ0n) is 22.0. The van der Waals surface area contributed by atoms with Gasteiger partial charge in [0.05, 0.1) is 25.4 Å².